The van der Waals surface area contributed by atoms with E-state index in [0.717, 1.165) is 30.0 Å². The van der Waals surface area contributed by atoms with Gasteiger partial charge in [0.1, 0.15) is 13.2 Å². The standard InChI is InChI=1S/C15H22N2O3/c1-3-6-16-15(18)11-17(2)10-12-4-5-13-14(9-12)20-8-7-19-13/h4-5,9H,3,6-8,10-11H2,1-2H3,(H,16,18). The molecule has 0 fully saturated rings. The van der Waals surface area contributed by atoms with Crippen LogP contribution in [0.4, 0.5) is 0 Å². The quantitative estimate of drug-likeness (QED) is 0.855. The van der Waals surface area contributed by atoms with Crippen LogP contribution in [0.25, 0.3) is 0 Å². The van der Waals surface area contributed by atoms with Crippen LogP contribution < -0.4 is 14.8 Å². The van der Waals surface area contributed by atoms with Crippen molar-refractivity contribution >= 4 is 5.91 Å². The van der Waals surface area contributed by atoms with E-state index in [-0.39, 0.29) is 5.91 Å². The predicted octanol–water partition coefficient (Wildman–Crippen LogP) is 1.42. The number of likely N-dealkylation sites (N-methyl/N-ethyl adjacent to an activating group) is 1. The summed E-state index contributed by atoms with van der Waals surface area (Å²) in [5.74, 6) is 1.65. The fourth-order valence-electron chi connectivity index (χ4n) is 2.12. The first-order chi connectivity index (χ1) is 9.69. The maximum atomic E-state index is 11.6. The first-order valence-corrected chi connectivity index (χ1v) is 7.03. The Balaban J connectivity index is 1.87. The summed E-state index contributed by atoms with van der Waals surface area (Å²) in [6.07, 6.45) is 0.956. The number of amides is 1. The first kappa shape index (κ1) is 14.7. The van der Waals surface area contributed by atoms with Crippen LogP contribution in [0.15, 0.2) is 18.2 Å². The van der Waals surface area contributed by atoms with Crippen molar-refractivity contribution in [1.29, 1.82) is 0 Å². The molecule has 110 valence electrons. The van der Waals surface area contributed by atoms with Crippen LogP contribution in [0.3, 0.4) is 0 Å². The third-order valence-corrected chi connectivity index (χ3v) is 3.04. The van der Waals surface area contributed by atoms with Gasteiger partial charge >= 0.3 is 0 Å². The number of nitrogens with one attached hydrogen (secondary N) is 1. The van der Waals surface area contributed by atoms with Gasteiger partial charge in [-0.25, -0.2) is 0 Å². The number of hydrogen-bond acceptors (Lipinski definition) is 4. The van der Waals surface area contributed by atoms with Gasteiger partial charge in [-0.05, 0) is 31.2 Å². The van der Waals surface area contributed by atoms with E-state index in [9.17, 15) is 4.79 Å². The van der Waals surface area contributed by atoms with Gasteiger partial charge in [0.05, 0.1) is 6.54 Å². The van der Waals surface area contributed by atoms with Gasteiger partial charge in [-0.3, -0.25) is 9.69 Å². The number of hydrogen-bond donors (Lipinski definition) is 1. The largest absolute Gasteiger partial charge is 0.486 e. The molecular weight excluding hydrogens is 256 g/mol. The van der Waals surface area contributed by atoms with Crippen molar-refractivity contribution in [2.45, 2.75) is 19.9 Å². The molecule has 1 aromatic carbocycles. The van der Waals surface area contributed by atoms with Crippen LogP contribution in [0, 0.1) is 0 Å². The van der Waals surface area contributed by atoms with Crippen molar-refractivity contribution in [3.63, 3.8) is 0 Å². The predicted molar refractivity (Wildman–Crippen MR) is 77.1 cm³/mol. The zero-order valence-electron chi connectivity index (χ0n) is 12.1. The lowest BCUT2D eigenvalue weighted by Crippen LogP contribution is -2.35. The molecule has 2 rings (SSSR count). The molecule has 5 nitrogen and oxygen atoms in total. The Hall–Kier alpha value is -1.75. The second kappa shape index (κ2) is 7.14. The third-order valence-electron chi connectivity index (χ3n) is 3.04. The number of benzene rings is 1. The van der Waals surface area contributed by atoms with Crippen molar-refractivity contribution in [2.24, 2.45) is 0 Å². The molecule has 5 heteroatoms. The second-order valence-electron chi connectivity index (χ2n) is 5.00. The summed E-state index contributed by atoms with van der Waals surface area (Å²) in [6, 6.07) is 5.91. The minimum absolute atomic E-state index is 0.0619. The lowest BCUT2D eigenvalue weighted by atomic mass is 10.2. The molecule has 20 heavy (non-hydrogen) atoms. The van der Waals surface area contributed by atoms with Crippen molar-refractivity contribution in [3.05, 3.63) is 23.8 Å². The molecule has 1 N–H and O–H groups in total. The minimum Gasteiger partial charge on any atom is -0.486 e. The van der Waals surface area contributed by atoms with E-state index in [0.29, 0.717) is 26.3 Å². The molecule has 1 aliphatic heterocycles. The molecule has 0 saturated carbocycles. The van der Waals surface area contributed by atoms with Crippen LogP contribution >= 0.6 is 0 Å². The van der Waals surface area contributed by atoms with Gasteiger partial charge in [0.25, 0.3) is 0 Å². The van der Waals surface area contributed by atoms with Gasteiger partial charge in [0, 0.05) is 13.1 Å². The topological polar surface area (TPSA) is 50.8 Å². The number of fused-ring (bicyclic) bond motifs is 1. The molecule has 0 spiro atoms. The van der Waals surface area contributed by atoms with Gasteiger partial charge in [-0.2, -0.15) is 0 Å². The van der Waals surface area contributed by atoms with Gasteiger partial charge in [-0.1, -0.05) is 13.0 Å². The van der Waals surface area contributed by atoms with Crippen LogP contribution in [-0.4, -0.2) is 44.2 Å². The summed E-state index contributed by atoms with van der Waals surface area (Å²) in [6.45, 7) is 5.07. The smallest absolute Gasteiger partial charge is 0.234 e. The fraction of sp³-hybridized carbons (Fsp3) is 0.533. The average Bonchev–Trinajstić information content (AvgIpc) is 2.44. The summed E-state index contributed by atoms with van der Waals surface area (Å²) in [5, 5.41) is 2.87. The Kier molecular flexibility index (Phi) is 5.24. The summed E-state index contributed by atoms with van der Waals surface area (Å²) in [4.78, 5) is 13.6. The van der Waals surface area contributed by atoms with E-state index < -0.39 is 0 Å². The average molecular weight is 278 g/mol. The normalized spacial score (nSPS) is 13.3. The number of nitrogens with zero attached hydrogens (tertiary/aromatic N) is 1. The monoisotopic (exact) mass is 278 g/mol. The molecular formula is C15H22N2O3. The van der Waals surface area contributed by atoms with E-state index in [1.807, 2.05) is 37.1 Å². The molecule has 0 atom stereocenters. The highest BCUT2D eigenvalue weighted by Crippen LogP contribution is 2.30. The minimum atomic E-state index is 0.0619. The molecule has 0 aromatic heterocycles. The van der Waals surface area contributed by atoms with Gasteiger partial charge in [0.15, 0.2) is 11.5 Å². The van der Waals surface area contributed by atoms with Crippen molar-refractivity contribution in [2.75, 3.05) is 33.4 Å². The number of carbonyl (C=O) groups is 1. The van der Waals surface area contributed by atoms with Gasteiger partial charge < -0.3 is 14.8 Å². The summed E-state index contributed by atoms with van der Waals surface area (Å²) < 4.78 is 11.0. The van der Waals surface area contributed by atoms with Gasteiger partial charge in [-0.15, -0.1) is 0 Å². The van der Waals surface area contributed by atoms with Crippen LogP contribution in [0.5, 0.6) is 11.5 Å². The highest BCUT2D eigenvalue weighted by molar-refractivity contribution is 5.77. The highest BCUT2D eigenvalue weighted by atomic mass is 16.6. The van der Waals surface area contributed by atoms with Crippen LogP contribution in [0.2, 0.25) is 0 Å². The zero-order chi connectivity index (χ0) is 14.4. The molecule has 1 aromatic rings. The Labute approximate surface area is 119 Å². The van der Waals surface area contributed by atoms with E-state index in [1.54, 1.807) is 0 Å². The number of rotatable bonds is 6. The van der Waals surface area contributed by atoms with Crippen molar-refractivity contribution in [3.8, 4) is 11.5 Å². The molecule has 1 aliphatic rings. The lowest BCUT2D eigenvalue weighted by Gasteiger charge is -2.20. The Morgan fingerprint density at radius 2 is 2.05 bits per heavy atom. The molecule has 0 aliphatic carbocycles. The fourth-order valence-corrected chi connectivity index (χ4v) is 2.12. The molecule has 0 radical (unpaired) electrons. The summed E-state index contributed by atoms with van der Waals surface area (Å²) >= 11 is 0. The lowest BCUT2D eigenvalue weighted by molar-refractivity contribution is -0.122. The van der Waals surface area contributed by atoms with Crippen LogP contribution in [-0.2, 0) is 11.3 Å². The van der Waals surface area contributed by atoms with Gasteiger partial charge in [0.2, 0.25) is 5.91 Å². The first-order valence-electron chi connectivity index (χ1n) is 7.03. The third kappa shape index (κ3) is 4.13. The molecule has 1 heterocycles. The van der Waals surface area contributed by atoms with Crippen molar-refractivity contribution in [1.82, 2.24) is 10.2 Å². The molecule has 0 saturated heterocycles. The van der Waals surface area contributed by atoms with E-state index in [1.165, 1.54) is 0 Å². The highest BCUT2D eigenvalue weighted by Gasteiger charge is 2.13. The summed E-state index contributed by atoms with van der Waals surface area (Å²) in [5.41, 5.74) is 1.11. The summed E-state index contributed by atoms with van der Waals surface area (Å²) in [7, 11) is 1.93. The van der Waals surface area contributed by atoms with E-state index >= 15 is 0 Å². The Bertz CT molecular complexity index is 462. The SMILES string of the molecule is CCCNC(=O)CN(C)Cc1ccc2c(c1)OCCO2. The molecule has 1 amide bonds. The van der Waals surface area contributed by atoms with E-state index in [2.05, 4.69) is 5.32 Å². The zero-order valence-corrected chi connectivity index (χ0v) is 12.1. The second-order valence-corrected chi connectivity index (χ2v) is 5.00. The maximum absolute atomic E-state index is 11.6. The van der Waals surface area contributed by atoms with Crippen LogP contribution in [0.1, 0.15) is 18.9 Å². The van der Waals surface area contributed by atoms with E-state index in [4.69, 9.17) is 9.47 Å². The number of ether oxygens (including phenoxy) is 2. The maximum Gasteiger partial charge on any atom is 0.234 e. The Morgan fingerprint density at radius 1 is 1.30 bits per heavy atom. The Morgan fingerprint density at radius 3 is 2.80 bits per heavy atom. The molecule has 0 unspecified atom stereocenters. The number of carbonyl (C=O) groups excluding carboxylic acids is 1. The van der Waals surface area contributed by atoms with Crippen molar-refractivity contribution < 1.29 is 14.3 Å². The molecule has 0 bridgehead atoms.